The molecule has 0 saturated carbocycles. The Balaban J connectivity index is 1.86. The summed E-state index contributed by atoms with van der Waals surface area (Å²) in [6.45, 7) is 2.83. The molecule has 1 aromatic rings. The van der Waals surface area contributed by atoms with Gasteiger partial charge in [-0.2, -0.15) is 5.26 Å². The van der Waals surface area contributed by atoms with Crippen molar-refractivity contribution in [2.24, 2.45) is 0 Å². The Labute approximate surface area is 129 Å². The van der Waals surface area contributed by atoms with Gasteiger partial charge in [-0.05, 0) is 57.6 Å². The lowest BCUT2D eigenvalue weighted by Crippen LogP contribution is -2.47. The molecule has 1 aliphatic heterocycles. The minimum Gasteiger partial charge on any atom is -0.315 e. The molecule has 5 heteroatoms. The molecule has 1 aromatic heterocycles. The summed E-state index contributed by atoms with van der Waals surface area (Å²) in [6.07, 6.45) is 7.45. The van der Waals surface area contributed by atoms with Crippen molar-refractivity contribution in [1.82, 2.24) is 5.32 Å². The average molecular weight is 303 g/mol. The van der Waals surface area contributed by atoms with Crippen molar-refractivity contribution < 1.29 is 4.79 Å². The molecular weight excluding hydrogens is 282 g/mol. The van der Waals surface area contributed by atoms with Crippen LogP contribution >= 0.6 is 11.3 Å². The van der Waals surface area contributed by atoms with Crippen LogP contribution in [0.25, 0.3) is 0 Å². The zero-order chi connectivity index (χ0) is 14.9. The molecule has 2 N–H and O–H groups in total. The fourth-order valence-electron chi connectivity index (χ4n) is 3.28. The van der Waals surface area contributed by atoms with Gasteiger partial charge in [0, 0.05) is 4.88 Å². The average Bonchev–Trinajstić information content (AvgIpc) is 2.97. The molecule has 0 radical (unpaired) electrons. The first-order valence-electron chi connectivity index (χ1n) is 7.75. The first kappa shape index (κ1) is 14.6. The Bertz CT molecular complexity index is 593. The number of aryl methyl sites for hydroxylation is 1. The van der Waals surface area contributed by atoms with E-state index in [-0.39, 0.29) is 5.91 Å². The summed E-state index contributed by atoms with van der Waals surface area (Å²) >= 11 is 1.60. The van der Waals surface area contributed by atoms with Crippen LogP contribution in [0.2, 0.25) is 0 Å². The van der Waals surface area contributed by atoms with Crippen LogP contribution in [0.1, 0.15) is 55.0 Å². The molecule has 1 saturated heterocycles. The molecule has 1 atom stereocenters. The van der Waals surface area contributed by atoms with E-state index in [1.165, 1.54) is 23.3 Å². The van der Waals surface area contributed by atoms with Gasteiger partial charge in [-0.1, -0.05) is 6.42 Å². The third-order valence-corrected chi connectivity index (χ3v) is 5.84. The molecule has 0 aromatic carbocycles. The summed E-state index contributed by atoms with van der Waals surface area (Å²) in [6, 6.07) is 2.32. The van der Waals surface area contributed by atoms with Crippen LogP contribution in [0.3, 0.4) is 0 Å². The first-order valence-corrected chi connectivity index (χ1v) is 8.57. The smallest absolute Gasteiger partial charge is 0.245 e. The number of fused-ring (bicyclic) bond motifs is 1. The van der Waals surface area contributed by atoms with Gasteiger partial charge in [-0.15, -0.1) is 11.3 Å². The number of hydrogen-bond acceptors (Lipinski definition) is 4. The Morgan fingerprint density at radius 3 is 2.86 bits per heavy atom. The lowest BCUT2D eigenvalue weighted by molar-refractivity contribution is -0.121. The lowest BCUT2D eigenvalue weighted by Gasteiger charge is -2.22. The van der Waals surface area contributed by atoms with Crippen LogP contribution in [0.15, 0.2) is 0 Å². The molecule has 0 bridgehead atoms. The largest absolute Gasteiger partial charge is 0.315 e. The molecule has 1 aliphatic carbocycles. The maximum absolute atomic E-state index is 12.5. The summed E-state index contributed by atoms with van der Waals surface area (Å²) in [5.41, 5.74) is 1.39. The van der Waals surface area contributed by atoms with Gasteiger partial charge in [0.15, 0.2) is 0 Å². The van der Waals surface area contributed by atoms with E-state index in [1.807, 2.05) is 6.92 Å². The number of nitriles is 1. The van der Waals surface area contributed by atoms with Crippen molar-refractivity contribution >= 4 is 22.2 Å². The van der Waals surface area contributed by atoms with Crippen molar-refractivity contribution in [2.45, 2.75) is 57.4 Å². The Morgan fingerprint density at radius 1 is 1.33 bits per heavy atom. The van der Waals surface area contributed by atoms with Crippen molar-refractivity contribution in [3.63, 3.8) is 0 Å². The number of nitrogens with zero attached hydrogens (tertiary/aromatic N) is 1. The van der Waals surface area contributed by atoms with Gasteiger partial charge in [0.05, 0.1) is 11.1 Å². The third-order valence-electron chi connectivity index (χ3n) is 4.63. The SMILES string of the molecule is CC1(C(=O)Nc2sc3c(c2C#N)CCCCC3)CCCN1. The van der Waals surface area contributed by atoms with E-state index in [0.717, 1.165) is 43.6 Å². The van der Waals surface area contributed by atoms with Gasteiger partial charge < -0.3 is 10.6 Å². The minimum absolute atomic E-state index is 0.00657. The molecule has 21 heavy (non-hydrogen) atoms. The van der Waals surface area contributed by atoms with Crippen LogP contribution in [0.5, 0.6) is 0 Å². The molecule has 0 spiro atoms. The van der Waals surface area contributed by atoms with Crippen molar-refractivity contribution in [2.75, 3.05) is 11.9 Å². The van der Waals surface area contributed by atoms with Gasteiger partial charge in [-0.3, -0.25) is 4.79 Å². The van der Waals surface area contributed by atoms with Gasteiger partial charge in [0.25, 0.3) is 0 Å². The maximum Gasteiger partial charge on any atom is 0.245 e. The predicted molar refractivity (Wildman–Crippen MR) is 84.6 cm³/mol. The third kappa shape index (κ3) is 2.70. The van der Waals surface area contributed by atoms with Crippen LogP contribution < -0.4 is 10.6 Å². The van der Waals surface area contributed by atoms with Gasteiger partial charge in [0.2, 0.25) is 5.91 Å². The van der Waals surface area contributed by atoms with E-state index in [0.29, 0.717) is 5.56 Å². The number of carbonyl (C=O) groups excluding carboxylic acids is 1. The van der Waals surface area contributed by atoms with E-state index < -0.39 is 5.54 Å². The maximum atomic E-state index is 12.5. The molecule has 3 rings (SSSR count). The number of nitrogens with one attached hydrogen (secondary N) is 2. The van der Waals surface area contributed by atoms with Crippen LogP contribution in [0, 0.1) is 11.3 Å². The number of carbonyl (C=O) groups is 1. The molecule has 2 aliphatic rings. The molecular formula is C16H21N3OS. The van der Waals surface area contributed by atoms with E-state index in [2.05, 4.69) is 16.7 Å². The summed E-state index contributed by atoms with van der Waals surface area (Å²) in [4.78, 5) is 13.8. The van der Waals surface area contributed by atoms with E-state index in [9.17, 15) is 10.1 Å². The van der Waals surface area contributed by atoms with Gasteiger partial charge >= 0.3 is 0 Å². The zero-order valence-electron chi connectivity index (χ0n) is 12.4. The molecule has 4 nitrogen and oxygen atoms in total. The van der Waals surface area contributed by atoms with Gasteiger partial charge in [0.1, 0.15) is 11.1 Å². The number of anilines is 1. The molecule has 112 valence electrons. The molecule has 2 heterocycles. The van der Waals surface area contributed by atoms with E-state index in [1.54, 1.807) is 11.3 Å². The second kappa shape index (κ2) is 5.78. The van der Waals surface area contributed by atoms with Crippen molar-refractivity contribution in [3.8, 4) is 6.07 Å². The minimum atomic E-state index is -0.492. The predicted octanol–water partition coefficient (Wildman–Crippen LogP) is 2.97. The highest BCUT2D eigenvalue weighted by atomic mass is 32.1. The van der Waals surface area contributed by atoms with E-state index in [4.69, 9.17) is 0 Å². The van der Waals surface area contributed by atoms with Crippen LogP contribution in [-0.4, -0.2) is 18.0 Å². The number of hydrogen-bond donors (Lipinski definition) is 2. The van der Waals surface area contributed by atoms with Crippen molar-refractivity contribution in [1.29, 1.82) is 5.26 Å². The summed E-state index contributed by atoms with van der Waals surface area (Å²) < 4.78 is 0. The fraction of sp³-hybridized carbons (Fsp3) is 0.625. The summed E-state index contributed by atoms with van der Waals surface area (Å²) in [5, 5.41) is 16.5. The molecule has 1 unspecified atom stereocenters. The fourth-order valence-corrected chi connectivity index (χ4v) is 4.51. The highest BCUT2D eigenvalue weighted by Gasteiger charge is 2.36. The second-order valence-electron chi connectivity index (χ2n) is 6.20. The zero-order valence-corrected chi connectivity index (χ0v) is 13.2. The lowest BCUT2D eigenvalue weighted by atomic mass is 9.99. The number of rotatable bonds is 2. The number of thiophene rings is 1. The highest BCUT2D eigenvalue weighted by Crippen LogP contribution is 2.37. The normalized spacial score (nSPS) is 25.0. The Morgan fingerprint density at radius 2 is 2.14 bits per heavy atom. The van der Waals surface area contributed by atoms with Crippen LogP contribution in [-0.2, 0) is 17.6 Å². The summed E-state index contributed by atoms with van der Waals surface area (Å²) in [5.74, 6) is -0.00657. The Hall–Kier alpha value is -1.38. The Kier molecular flexibility index (Phi) is 4.01. The summed E-state index contributed by atoms with van der Waals surface area (Å²) in [7, 11) is 0. The molecule has 1 amide bonds. The monoisotopic (exact) mass is 303 g/mol. The van der Waals surface area contributed by atoms with Gasteiger partial charge in [-0.25, -0.2) is 0 Å². The van der Waals surface area contributed by atoms with Crippen molar-refractivity contribution in [3.05, 3.63) is 16.0 Å². The highest BCUT2D eigenvalue weighted by molar-refractivity contribution is 7.16. The quantitative estimate of drug-likeness (QED) is 0.826. The second-order valence-corrected chi connectivity index (χ2v) is 7.30. The van der Waals surface area contributed by atoms with E-state index >= 15 is 0 Å². The number of amides is 1. The van der Waals surface area contributed by atoms with Crippen LogP contribution in [0.4, 0.5) is 5.00 Å². The first-order chi connectivity index (χ1) is 10.1. The topological polar surface area (TPSA) is 64.9 Å². The standard InChI is InChI=1S/C16H21N3OS/c1-16(8-5-9-18-16)15(20)19-14-12(10-17)11-6-3-2-4-7-13(11)21-14/h18H,2-9H2,1H3,(H,19,20). The molecule has 1 fully saturated rings.